The van der Waals surface area contributed by atoms with Gasteiger partial charge in [-0.3, -0.25) is 10.3 Å². The first-order chi connectivity index (χ1) is 10.0. The van der Waals surface area contributed by atoms with Gasteiger partial charge in [0.05, 0.1) is 5.56 Å². The Morgan fingerprint density at radius 3 is 2.43 bits per heavy atom. The number of rotatable bonds is 5. The smallest absolute Gasteiger partial charge is 0.138 e. The molecular formula is C17H26FN3. The Morgan fingerprint density at radius 1 is 1.29 bits per heavy atom. The molecule has 0 aliphatic carbocycles. The van der Waals surface area contributed by atoms with E-state index in [2.05, 4.69) is 18.7 Å². The molecule has 0 bridgehead atoms. The highest BCUT2D eigenvalue weighted by Crippen LogP contribution is 2.38. The van der Waals surface area contributed by atoms with Crippen molar-refractivity contribution >= 4 is 5.84 Å². The molecule has 0 spiro atoms. The summed E-state index contributed by atoms with van der Waals surface area (Å²) in [6.45, 7) is 7.19. The van der Waals surface area contributed by atoms with Crippen LogP contribution >= 0.6 is 0 Å². The Morgan fingerprint density at radius 2 is 1.90 bits per heavy atom. The standard InChI is InChI=1S/C17H26FN3/c1-3-17(4-2)8-10-21(11-9-17)12-13-6-5-7-14(15(13)18)16(19)20/h5-7H,3-4,8-12H2,1-2H3,(H3,19,20). The summed E-state index contributed by atoms with van der Waals surface area (Å²) < 4.78 is 14.3. The van der Waals surface area contributed by atoms with E-state index in [1.165, 1.54) is 25.7 Å². The summed E-state index contributed by atoms with van der Waals surface area (Å²) in [5.74, 6) is -0.545. The lowest BCUT2D eigenvalue weighted by molar-refractivity contribution is 0.0902. The molecule has 4 heteroatoms. The second kappa shape index (κ2) is 6.56. The van der Waals surface area contributed by atoms with Crippen LogP contribution < -0.4 is 5.73 Å². The molecular weight excluding hydrogens is 265 g/mol. The maximum atomic E-state index is 14.3. The number of halogens is 1. The molecule has 0 aromatic heterocycles. The fraction of sp³-hybridized carbons (Fsp3) is 0.588. The third kappa shape index (κ3) is 3.43. The zero-order valence-electron chi connectivity index (χ0n) is 13.1. The van der Waals surface area contributed by atoms with Gasteiger partial charge in [-0.05, 0) is 37.4 Å². The Bertz CT molecular complexity index is 499. The molecule has 1 aliphatic heterocycles. The third-order valence-corrected chi connectivity index (χ3v) is 5.18. The highest BCUT2D eigenvalue weighted by molar-refractivity contribution is 5.95. The van der Waals surface area contributed by atoms with Crippen LogP contribution in [0.25, 0.3) is 0 Å². The first-order valence-electron chi connectivity index (χ1n) is 7.85. The van der Waals surface area contributed by atoms with Crippen molar-refractivity contribution in [2.75, 3.05) is 13.1 Å². The Kier molecular flexibility index (Phi) is 4.99. The maximum Gasteiger partial charge on any atom is 0.138 e. The van der Waals surface area contributed by atoms with Crippen molar-refractivity contribution in [2.24, 2.45) is 11.1 Å². The molecule has 0 amide bonds. The minimum absolute atomic E-state index is 0.205. The van der Waals surface area contributed by atoms with Crippen molar-refractivity contribution in [1.29, 1.82) is 5.41 Å². The second-order valence-electron chi connectivity index (χ2n) is 6.18. The van der Waals surface area contributed by atoms with Gasteiger partial charge in [0.2, 0.25) is 0 Å². The number of amidine groups is 1. The van der Waals surface area contributed by atoms with Gasteiger partial charge in [0.1, 0.15) is 11.7 Å². The fourth-order valence-electron chi connectivity index (χ4n) is 3.29. The molecule has 3 nitrogen and oxygen atoms in total. The Labute approximate surface area is 126 Å². The lowest BCUT2D eigenvalue weighted by atomic mass is 9.74. The minimum atomic E-state index is -0.340. The summed E-state index contributed by atoms with van der Waals surface area (Å²) in [5.41, 5.74) is 6.75. The second-order valence-corrected chi connectivity index (χ2v) is 6.18. The zero-order valence-corrected chi connectivity index (χ0v) is 13.1. The van der Waals surface area contributed by atoms with Gasteiger partial charge in [-0.2, -0.15) is 0 Å². The van der Waals surface area contributed by atoms with E-state index in [9.17, 15) is 4.39 Å². The van der Waals surface area contributed by atoms with Gasteiger partial charge in [-0.15, -0.1) is 0 Å². The quantitative estimate of drug-likeness (QED) is 0.644. The van der Waals surface area contributed by atoms with E-state index in [4.69, 9.17) is 11.1 Å². The molecule has 2 rings (SSSR count). The van der Waals surface area contributed by atoms with Crippen molar-refractivity contribution in [3.63, 3.8) is 0 Å². The number of nitrogens with one attached hydrogen (secondary N) is 1. The maximum absolute atomic E-state index is 14.3. The van der Waals surface area contributed by atoms with E-state index in [0.29, 0.717) is 17.5 Å². The van der Waals surface area contributed by atoms with E-state index < -0.39 is 0 Å². The number of nitrogens with zero attached hydrogens (tertiary/aromatic N) is 1. The number of hydrogen-bond donors (Lipinski definition) is 2. The highest BCUT2D eigenvalue weighted by Gasteiger charge is 2.31. The molecule has 0 radical (unpaired) electrons. The van der Waals surface area contributed by atoms with E-state index in [-0.39, 0.29) is 17.2 Å². The number of nitrogen functional groups attached to an aromatic ring is 1. The Hall–Kier alpha value is -1.42. The van der Waals surface area contributed by atoms with E-state index in [1.807, 2.05) is 0 Å². The molecule has 1 fully saturated rings. The Balaban J connectivity index is 2.04. The molecule has 1 aromatic carbocycles. The molecule has 1 aliphatic rings. The van der Waals surface area contributed by atoms with Crippen LogP contribution in [-0.2, 0) is 6.54 Å². The van der Waals surface area contributed by atoms with Crippen molar-refractivity contribution < 1.29 is 4.39 Å². The lowest BCUT2D eigenvalue weighted by Crippen LogP contribution is -2.39. The van der Waals surface area contributed by atoms with Crippen LogP contribution in [0.3, 0.4) is 0 Å². The molecule has 1 heterocycles. The first kappa shape index (κ1) is 16.0. The van der Waals surface area contributed by atoms with Gasteiger partial charge >= 0.3 is 0 Å². The molecule has 1 aromatic rings. The normalized spacial score (nSPS) is 18.6. The van der Waals surface area contributed by atoms with Crippen LogP contribution in [-0.4, -0.2) is 23.8 Å². The number of benzene rings is 1. The third-order valence-electron chi connectivity index (χ3n) is 5.18. The SMILES string of the molecule is CCC1(CC)CCN(Cc2cccc(C(=N)N)c2F)CC1. The average molecular weight is 291 g/mol. The first-order valence-corrected chi connectivity index (χ1v) is 7.85. The summed E-state index contributed by atoms with van der Waals surface area (Å²) in [5, 5.41) is 7.42. The van der Waals surface area contributed by atoms with Crippen LogP contribution in [0.5, 0.6) is 0 Å². The van der Waals surface area contributed by atoms with Crippen LogP contribution in [0.2, 0.25) is 0 Å². The molecule has 3 N–H and O–H groups in total. The molecule has 21 heavy (non-hydrogen) atoms. The topological polar surface area (TPSA) is 53.1 Å². The van der Waals surface area contributed by atoms with Gasteiger partial charge in [0, 0.05) is 12.1 Å². The monoisotopic (exact) mass is 291 g/mol. The van der Waals surface area contributed by atoms with Crippen molar-refractivity contribution in [3.05, 3.63) is 35.1 Å². The van der Waals surface area contributed by atoms with Gasteiger partial charge in [0.15, 0.2) is 0 Å². The van der Waals surface area contributed by atoms with Crippen molar-refractivity contribution in [1.82, 2.24) is 4.90 Å². The average Bonchev–Trinajstić information content (AvgIpc) is 2.50. The van der Waals surface area contributed by atoms with Crippen LogP contribution in [0.1, 0.15) is 50.7 Å². The van der Waals surface area contributed by atoms with Crippen LogP contribution in [0.4, 0.5) is 4.39 Å². The van der Waals surface area contributed by atoms with E-state index in [0.717, 1.165) is 13.1 Å². The molecule has 116 valence electrons. The minimum Gasteiger partial charge on any atom is -0.384 e. The molecule has 1 saturated heterocycles. The van der Waals surface area contributed by atoms with Gasteiger partial charge in [0.25, 0.3) is 0 Å². The largest absolute Gasteiger partial charge is 0.384 e. The van der Waals surface area contributed by atoms with Gasteiger partial charge in [-0.1, -0.05) is 38.8 Å². The summed E-state index contributed by atoms with van der Waals surface area (Å²) >= 11 is 0. The number of nitrogens with two attached hydrogens (primary N) is 1. The fourth-order valence-corrected chi connectivity index (χ4v) is 3.29. The molecule has 0 atom stereocenters. The van der Waals surface area contributed by atoms with Crippen LogP contribution in [0.15, 0.2) is 18.2 Å². The summed E-state index contributed by atoms with van der Waals surface area (Å²) in [6.07, 6.45) is 4.83. The van der Waals surface area contributed by atoms with Crippen molar-refractivity contribution in [2.45, 2.75) is 46.1 Å². The van der Waals surface area contributed by atoms with Gasteiger partial charge < -0.3 is 5.73 Å². The van der Waals surface area contributed by atoms with E-state index in [1.54, 1.807) is 18.2 Å². The molecule has 0 unspecified atom stereocenters. The number of piperidine rings is 1. The summed E-state index contributed by atoms with van der Waals surface area (Å²) in [4.78, 5) is 2.31. The highest BCUT2D eigenvalue weighted by atomic mass is 19.1. The number of likely N-dealkylation sites (tertiary alicyclic amines) is 1. The van der Waals surface area contributed by atoms with Crippen molar-refractivity contribution in [3.8, 4) is 0 Å². The van der Waals surface area contributed by atoms with Crippen LogP contribution in [0, 0.1) is 16.6 Å². The predicted molar refractivity (Wildman–Crippen MR) is 84.9 cm³/mol. The van der Waals surface area contributed by atoms with Gasteiger partial charge in [-0.25, -0.2) is 4.39 Å². The zero-order chi connectivity index (χ0) is 15.5. The summed E-state index contributed by atoms with van der Waals surface area (Å²) in [6, 6.07) is 5.14. The lowest BCUT2D eigenvalue weighted by Gasteiger charge is -2.41. The molecule has 0 saturated carbocycles. The summed E-state index contributed by atoms with van der Waals surface area (Å²) in [7, 11) is 0. The number of hydrogen-bond acceptors (Lipinski definition) is 2. The van der Waals surface area contributed by atoms with E-state index >= 15 is 0 Å². The predicted octanol–water partition coefficient (Wildman–Crippen LogP) is 3.51.